The zero-order valence-corrected chi connectivity index (χ0v) is 25.4. The minimum atomic E-state index is -1.11. The van der Waals surface area contributed by atoms with Gasteiger partial charge in [-0.3, -0.25) is 14.4 Å². The number of halogens is 3. The van der Waals surface area contributed by atoms with Gasteiger partial charge in [0.15, 0.2) is 0 Å². The van der Waals surface area contributed by atoms with Crippen LogP contribution in [0.25, 0.3) is 11.3 Å². The number of alkyl halides is 1. The summed E-state index contributed by atoms with van der Waals surface area (Å²) >= 11 is 1.36. The number of hydrogen-bond donors (Lipinski definition) is 3. The number of amides is 3. The Hall–Kier alpha value is -3.06. The fourth-order valence-electron chi connectivity index (χ4n) is 5.04. The van der Waals surface area contributed by atoms with Gasteiger partial charge >= 0.3 is 0 Å². The molecule has 1 saturated heterocycles. The van der Waals surface area contributed by atoms with Gasteiger partial charge in [0.1, 0.15) is 23.6 Å². The highest BCUT2D eigenvalue weighted by Crippen LogP contribution is 2.40. The van der Waals surface area contributed by atoms with Crippen LogP contribution in [0.4, 0.5) is 13.2 Å². The molecule has 3 rings (SSSR count). The molecule has 1 aliphatic heterocycles. The van der Waals surface area contributed by atoms with Crippen LogP contribution in [0.2, 0.25) is 0 Å². The smallest absolute Gasteiger partial charge is 0.233 e. The molecule has 13 heteroatoms. The Balaban J connectivity index is 1.78. The summed E-state index contributed by atoms with van der Waals surface area (Å²) in [5.74, 6) is -0.847. The Labute approximate surface area is 249 Å². The van der Waals surface area contributed by atoms with E-state index in [2.05, 4.69) is 20.9 Å². The minimum Gasteiger partial charge on any atom is -0.359 e. The molecule has 2 heterocycles. The fraction of sp³-hybridized carbons (Fsp3) is 0.586. The Bertz CT molecular complexity index is 1220. The summed E-state index contributed by atoms with van der Waals surface area (Å²) in [6, 6.07) is 2.59. The lowest BCUT2D eigenvalue weighted by molar-refractivity contribution is -0.134. The van der Waals surface area contributed by atoms with Crippen molar-refractivity contribution >= 4 is 30.0 Å². The van der Waals surface area contributed by atoms with Crippen molar-refractivity contribution in [3.05, 3.63) is 41.9 Å². The highest BCUT2D eigenvalue weighted by molar-refractivity contribution is 7.99. The van der Waals surface area contributed by atoms with E-state index in [1.54, 1.807) is 22.7 Å². The second-order valence-electron chi connectivity index (χ2n) is 11.5. The second kappa shape index (κ2) is 15.4. The van der Waals surface area contributed by atoms with Gasteiger partial charge in [-0.15, -0.1) is 0 Å². The third-order valence-electron chi connectivity index (χ3n) is 7.10. The van der Waals surface area contributed by atoms with Crippen molar-refractivity contribution < 1.29 is 27.6 Å². The highest BCUT2D eigenvalue weighted by atomic mass is 32.2. The number of nitrogens with zero attached hydrogens (tertiary/aromatic N) is 3. The SMILES string of the molecule is Cn1cc(-c2cc(F)ccc2F)nc1C(N(CC1CNCC1F)C(=O)CSCCNC(=O)CCCNC=O)C(C)(C)C. The van der Waals surface area contributed by atoms with Crippen molar-refractivity contribution in [2.75, 3.05) is 44.2 Å². The predicted molar refractivity (Wildman–Crippen MR) is 157 cm³/mol. The molecule has 1 aromatic carbocycles. The second-order valence-corrected chi connectivity index (χ2v) is 12.7. The molecule has 42 heavy (non-hydrogen) atoms. The van der Waals surface area contributed by atoms with E-state index in [0.29, 0.717) is 44.0 Å². The zero-order chi connectivity index (χ0) is 30.9. The molecule has 0 radical (unpaired) electrons. The van der Waals surface area contributed by atoms with Crippen molar-refractivity contribution in [3.63, 3.8) is 0 Å². The third-order valence-corrected chi connectivity index (χ3v) is 8.05. The van der Waals surface area contributed by atoms with Crippen molar-refractivity contribution in [2.24, 2.45) is 18.4 Å². The fourth-order valence-corrected chi connectivity index (χ4v) is 5.77. The number of aryl methyl sites for hydroxylation is 1. The van der Waals surface area contributed by atoms with Crippen LogP contribution in [-0.4, -0.2) is 83.1 Å². The van der Waals surface area contributed by atoms with E-state index >= 15 is 0 Å². The summed E-state index contributed by atoms with van der Waals surface area (Å²) in [5.41, 5.74) is -0.283. The van der Waals surface area contributed by atoms with Gasteiger partial charge in [0, 0.05) is 69.6 Å². The maximum atomic E-state index is 14.8. The quantitative estimate of drug-likeness (QED) is 0.211. The van der Waals surface area contributed by atoms with Crippen molar-refractivity contribution in [3.8, 4) is 11.3 Å². The van der Waals surface area contributed by atoms with Crippen LogP contribution in [0.5, 0.6) is 0 Å². The number of imidazole rings is 1. The molecule has 3 amide bonds. The van der Waals surface area contributed by atoms with Gasteiger partial charge in [-0.1, -0.05) is 20.8 Å². The first-order valence-corrected chi connectivity index (χ1v) is 15.2. The number of nitrogens with one attached hydrogen (secondary N) is 3. The van der Waals surface area contributed by atoms with Gasteiger partial charge in [0.25, 0.3) is 0 Å². The van der Waals surface area contributed by atoms with E-state index in [-0.39, 0.29) is 48.3 Å². The molecule has 232 valence electrons. The Morgan fingerprint density at radius 2 is 2.02 bits per heavy atom. The average molecular weight is 611 g/mol. The Morgan fingerprint density at radius 1 is 1.26 bits per heavy atom. The standard InChI is InChI=1S/C29H41F3N6O3S/c1-29(2,3)27(28-36-24(16-37(28)4)21-12-20(30)7-8-22(21)31)38(15-19-13-34-14-23(19)32)26(41)17-42-11-10-35-25(40)6-5-9-33-18-39/h7-8,12,16,18-19,23,27,34H,5-6,9-11,13-15,17H2,1-4H3,(H,33,39)(H,35,40). The number of thioether (sulfide) groups is 1. The lowest BCUT2D eigenvalue weighted by Gasteiger charge is -2.41. The first-order chi connectivity index (χ1) is 19.9. The molecule has 9 nitrogen and oxygen atoms in total. The molecule has 0 aliphatic carbocycles. The van der Waals surface area contributed by atoms with Gasteiger partial charge in [0.05, 0.1) is 17.5 Å². The maximum Gasteiger partial charge on any atom is 0.233 e. The number of carbonyl (C=O) groups excluding carboxylic acids is 3. The summed E-state index contributed by atoms with van der Waals surface area (Å²) in [5, 5.41) is 8.36. The summed E-state index contributed by atoms with van der Waals surface area (Å²) in [6.07, 6.45) is 1.91. The molecule has 3 N–H and O–H groups in total. The molecule has 1 aliphatic rings. The molecule has 3 atom stereocenters. The van der Waals surface area contributed by atoms with E-state index in [1.807, 2.05) is 20.8 Å². The molecule has 3 unspecified atom stereocenters. The molecule has 1 aromatic heterocycles. The van der Waals surface area contributed by atoms with Crippen LogP contribution in [0, 0.1) is 23.0 Å². The third kappa shape index (κ3) is 9.22. The summed E-state index contributed by atoms with van der Waals surface area (Å²) in [6.45, 7) is 7.50. The molecular weight excluding hydrogens is 569 g/mol. The van der Waals surface area contributed by atoms with E-state index in [0.717, 1.165) is 18.2 Å². The Morgan fingerprint density at radius 3 is 2.69 bits per heavy atom. The van der Waals surface area contributed by atoms with Crippen LogP contribution < -0.4 is 16.0 Å². The summed E-state index contributed by atoms with van der Waals surface area (Å²) < 4.78 is 45.0. The van der Waals surface area contributed by atoms with Crippen LogP contribution in [0.1, 0.15) is 45.5 Å². The first kappa shape index (κ1) is 33.4. The van der Waals surface area contributed by atoms with Gasteiger partial charge in [-0.2, -0.15) is 11.8 Å². The van der Waals surface area contributed by atoms with Gasteiger partial charge in [-0.05, 0) is 30.0 Å². The molecule has 0 spiro atoms. The normalized spacial score (nSPS) is 17.6. The number of aromatic nitrogens is 2. The van der Waals surface area contributed by atoms with E-state index in [4.69, 9.17) is 0 Å². The van der Waals surface area contributed by atoms with E-state index in [1.165, 1.54) is 11.8 Å². The predicted octanol–water partition coefficient (Wildman–Crippen LogP) is 3.21. The van der Waals surface area contributed by atoms with Crippen LogP contribution in [0.15, 0.2) is 24.4 Å². The lowest BCUT2D eigenvalue weighted by Crippen LogP contribution is -2.46. The van der Waals surface area contributed by atoms with Crippen LogP contribution in [0.3, 0.4) is 0 Å². The van der Waals surface area contributed by atoms with Crippen LogP contribution >= 0.6 is 11.8 Å². The van der Waals surface area contributed by atoms with Gasteiger partial charge in [-0.25, -0.2) is 18.2 Å². The summed E-state index contributed by atoms with van der Waals surface area (Å²) in [7, 11) is 1.74. The monoisotopic (exact) mass is 610 g/mol. The van der Waals surface area contributed by atoms with Crippen LogP contribution in [-0.2, 0) is 21.4 Å². The largest absolute Gasteiger partial charge is 0.359 e. The molecular formula is C29H41F3N6O3S. The van der Waals surface area contributed by atoms with Gasteiger partial charge < -0.3 is 25.4 Å². The molecule has 1 fully saturated rings. The topological polar surface area (TPSA) is 108 Å². The first-order valence-electron chi connectivity index (χ1n) is 14.1. The van der Waals surface area contributed by atoms with Gasteiger partial charge in [0.2, 0.25) is 18.2 Å². The molecule has 0 saturated carbocycles. The number of hydrogen-bond acceptors (Lipinski definition) is 6. The maximum absolute atomic E-state index is 14.8. The number of benzene rings is 1. The number of carbonyl (C=O) groups is 3. The van der Waals surface area contributed by atoms with Crippen molar-refractivity contribution in [1.29, 1.82) is 0 Å². The molecule has 2 aromatic rings. The van der Waals surface area contributed by atoms with Crippen molar-refractivity contribution in [1.82, 2.24) is 30.4 Å². The Kier molecular flexibility index (Phi) is 12.3. The van der Waals surface area contributed by atoms with Crippen molar-refractivity contribution in [2.45, 2.75) is 45.8 Å². The van der Waals surface area contributed by atoms with E-state index in [9.17, 15) is 27.6 Å². The zero-order valence-electron chi connectivity index (χ0n) is 24.6. The minimum absolute atomic E-state index is 0.0174. The average Bonchev–Trinajstić information content (AvgIpc) is 3.51. The van der Waals surface area contributed by atoms with E-state index < -0.39 is 35.2 Å². The summed E-state index contributed by atoms with van der Waals surface area (Å²) in [4.78, 5) is 42.4. The number of rotatable bonds is 15. The molecule has 0 bridgehead atoms. The highest BCUT2D eigenvalue weighted by Gasteiger charge is 2.40. The lowest BCUT2D eigenvalue weighted by atomic mass is 9.84.